The SMILES string of the molecule is Cc1cccc(C)c1NC(=O)C[NH+](C)Cc1c(C)nn(-c2ccccc2)c1Cl. The van der Waals surface area contributed by atoms with Crippen LogP contribution in [0.25, 0.3) is 5.69 Å². The largest absolute Gasteiger partial charge is 0.326 e. The van der Waals surface area contributed by atoms with E-state index in [0.717, 1.165) is 38.7 Å². The number of para-hydroxylation sites is 2. The van der Waals surface area contributed by atoms with Crippen LogP contribution >= 0.6 is 11.6 Å². The standard InChI is InChI=1S/C22H25ClN4O/c1-15-9-8-10-16(2)21(15)24-20(28)14-26(4)13-19-17(3)25-27(22(19)23)18-11-6-5-7-12-18/h5-12H,13-14H2,1-4H3,(H,24,28)/p+1. The van der Waals surface area contributed by atoms with E-state index in [4.69, 9.17) is 11.6 Å². The first kappa shape index (κ1) is 20.1. The average molecular weight is 398 g/mol. The molecule has 3 rings (SSSR count). The highest BCUT2D eigenvalue weighted by atomic mass is 35.5. The van der Waals surface area contributed by atoms with E-state index in [9.17, 15) is 4.79 Å². The molecule has 0 radical (unpaired) electrons. The fourth-order valence-corrected chi connectivity index (χ4v) is 3.65. The zero-order valence-electron chi connectivity index (χ0n) is 16.7. The number of aromatic nitrogens is 2. The minimum atomic E-state index is -0.0147. The van der Waals surface area contributed by atoms with Crippen molar-refractivity contribution in [2.24, 2.45) is 0 Å². The van der Waals surface area contributed by atoms with E-state index < -0.39 is 0 Å². The molecule has 1 amide bonds. The summed E-state index contributed by atoms with van der Waals surface area (Å²) < 4.78 is 1.75. The van der Waals surface area contributed by atoms with E-state index >= 15 is 0 Å². The molecule has 1 unspecified atom stereocenters. The lowest BCUT2D eigenvalue weighted by atomic mass is 10.1. The third kappa shape index (κ3) is 4.43. The molecule has 2 aromatic carbocycles. The number of amides is 1. The number of quaternary nitrogens is 1. The lowest BCUT2D eigenvalue weighted by molar-refractivity contribution is -0.885. The van der Waals surface area contributed by atoms with Crippen molar-refractivity contribution < 1.29 is 9.69 Å². The number of rotatable bonds is 6. The van der Waals surface area contributed by atoms with Crippen molar-refractivity contribution in [1.29, 1.82) is 0 Å². The summed E-state index contributed by atoms with van der Waals surface area (Å²) in [6.07, 6.45) is 0. The topological polar surface area (TPSA) is 51.4 Å². The van der Waals surface area contributed by atoms with Crippen molar-refractivity contribution >= 4 is 23.2 Å². The van der Waals surface area contributed by atoms with E-state index in [1.165, 1.54) is 0 Å². The number of carbonyl (C=O) groups is 1. The zero-order chi connectivity index (χ0) is 20.3. The van der Waals surface area contributed by atoms with Gasteiger partial charge in [0.1, 0.15) is 11.7 Å². The third-order valence-electron chi connectivity index (χ3n) is 4.81. The Morgan fingerprint density at radius 3 is 2.36 bits per heavy atom. The Hall–Kier alpha value is -2.63. The van der Waals surface area contributed by atoms with Crippen LogP contribution < -0.4 is 10.2 Å². The number of nitrogens with one attached hydrogen (secondary N) is 2. The minimum absolute atomic E-state index is 0.0147. The number of carbonyl (C=O) groups excluding carboxylic acids is 1. The molecule has 28 heavy (non-hydrogen) atoms. The predicted molar refractivity (Wildman–Crippen MR) is 113 cm³/mol. The van der Waals surface area contributed by atoms with Gasteiger partial charge in [0.25, 0.3) is 5.91 Å². The summed E-state index contributed by atoms with van der Waals surface area (Å²) in [5, 5.41) is 8.21. The molecule has 0 aliphatic rings. The number of halogens is 1. The van der Waals surface area contributed by atoms with Crippen LogP contribution in [0.2, 0.25) is 5.15 Å². The summed E-state index contributed by atoms with van der Waals surface area (Å²) in [6.45, 7) is 6.92. The molecule has 6 heteroatoms. The van der Waals surface area contributed by atoms with Gasteiger partial charge in [0, 0.05) is 5.69 Å². The maximum absolute atomic E-state index is 12.5. The maximum atomic E-state index is 12.5. The highest BCUT2D eigenvalue weighted by Crippen LogP contribution is 2.23. The fraction of sp³-hybridized carbons (Fsp3) is 0.273. The van der Waals surface area contributed by atoms with E-state index in [1.807, 2.05) is 76.3 Å². The fourth-order valence-electron chi connectivity index (χ4n) is 3.31. The summed E-state index contributed by atoms with van der Waals surface area (Å²) in [4.78, 5) is 13.6. The summed E-state index contributed by atoms with van der Waals surface area (Å²) in [6, 6.07) is 15.8. The van der Waals surface area contributed by atoms with Gasteiger partial charge in [-0.05, 0) is 44.0 Å². The molecule has 0 saturated heterocycles. The second-order valence-corrected chi connectivity index (χ2v) is 7.59. The Bertz CT molecular complexity index is 961. The first-order valence-electron chi connectivity index (χ1n) is 9.33. The van der Waals surface area contributed by atoms with Gasteiger partial charge in [0.05, 0.1) is 24.0 Å². The third-order valence-corrected chi connectivity index (χ3v) is 5.20. The van der Waals surface area contributed by atoms with E-state index in [1.54, 1.807) is 4.68 Å². The van der Waals surface area contributed by atoms with Crippen molar-refractivity contribution in [3.05, 3.63) is 76.1 Å². The van der Waals surface area contributed by atoms with Gasteiger partial charge in [-0.25, -0.2) is 4.68 Å². The maximum Gasteiger partial charge on any atom is 0.279 e. The molecule has 0 saturated carbocycles. The van der Waals surface area contributed by atoms with Gasteiger partial charge in [0.2, 0.25) is 0 Å². The van der Waals surface area contributed by atoms with Crippen LogP contribution in [-0.2, 0) is 11.3 Å². The van der Waals surface area contributed by atoms with E-state index in [2.05, 4.69) is 10.4 Å². The second kappa shape index (κ2) is 8.59. The van der Waals surface area contributed by atoms with Crippen LogP contribution in [0.15, 0.2) is 48.5 Å². The normalized spacial score (nSPS) is 12.0. The quantitative estimate of drug-likeness (QED) is 0.671. The van der Waals surface area contributed by atoms with Gasteiger partial charge in [-0.15, -0.1) is 0 Å². The van der Waals surface area contributed by atoms with E-state index in [0.29, 0.717) is 18.2 Å². The number of anilines is 1. The van der Waals surface area contributed by atoms with Crippen molar-refractivity contribution in [1.82, 2.24) is 9.78 Å². The molecule has 146 valence electrons. The first-order valence-corrected chi connectivity index (χ1v) is 9.71. The van der Waals surface area contributed by atoms with Crippen LogP contribution in [0.1, 0.15) is 22.4 Å². The molecule has 1 aromatic heterocycles. The van der Waals surface area contributed by atoms with Gasteiger partial charge in [-0.3, -0.25) is 4.79 Å². The molecule has 0 aliphatic heterocycles. The molecular formula is C22H26ClN4O+. The summed E-state index contributed by atoms with van der Waals surface area (Å²) >= 11 is 6.60. The Balaban J connectivity index is 1.69. The van der Waals surface area contributed by atoms with Crippen LogP contribution in [0, 0.1) is 20.8 Å². The number of aryl methyl sites for hydroxylation is 3. The average Bonchev–Trinajstić information content (AvgIpc) is 2.94. The van der Waals surface area contributed by atoms with Gasteiger partial charge in [-0.1, -0.05) is 48.0 Å². The second-order valence-electron chi connectivity index (χ2n) is 7.23. The number of benzene rings is 2. The first-order chi connectivity index (χ1) is 13.4. The highest BCUT2D eigenvalue weighted by Gasteiger charge is 2.20. The van der Waals surface area contributed by atoms with Crippen molar-refractivity contribution in [2.75, 3.05) is 18.9 Å². The Labute approximate surface area is 170 Å². The Morgan fingerprint density at radius 2 is 1.71 bits per heavy atom. The van der Waals surface area contributed by atoms with Crippen molar-refractivity contribution in [2.45, 2.75) is 27.3 Å². The Kier molecular flexibility index (Phi) is 6.17. The molecule has 0 fully saturated rings. The van der Waals surface area contributed by atoms with Gasteiger partial charge < -0.3 is 10.2 Å². The molecule has 0 spiro atoms. The number of hydrogen-bond donors (Lipinski definition) is 2. The van der Waals surface area contributed by atoms with Gasteiger partial charge in [0.15, 0.2) is 6.54 Å². The molecule has 0 bridgehead atoms. The minimum Gasteiger partial charge on any atom is -0.326 e. The van der Waals surface area contributed by atoms with Crippen LogP contribution in [0.3, 0.4) is 0 Å². The molecule has 0 aliphatic carbocycles. The molecule has 3 aromatic rings. The number of likely N-dealkylation sites (N-methyl/N-ethyl adjacent to an activating group) is 1. The van der Waals surface area contributed by atoms with Gasteiger partial charge in [-0.2, -0.15) is 5.10 Å². The monoisotopic (exact) mass is 397 g/mol. The van der Waals surface area contributed by atoms with Crippen LogP contribution in [0.5, 0.6) is 0 Å². The molecular weight excluding hydrogens is 372 g/mol. The highest BCUT2D eigenvalue weighted by molar-refractivity contribution is 6.30. The van der Waals surface area contributed by atoms with E-state index in [-0.39, 0.29) is 5.91 Å². The van der Waals surface area contributed by atoms with Crippen LogP contribution in [-0.4, -0.2) is 29.3 Å². The Morgan fingerprint density at radius 1 is 1.07 bits per heavy atom. The lowest BCUT2D eigenvalue weighted by Gasteiger charge is -2.16. The summed E-state index contributed by atoms with van der Waals surface area (Å²) in [5.74, 6) is -0.0147. The molecule has 1 atom stereocenters. The van der Waals surface area contributed by atoms with Gasteiger partial charge >= 0.3 is 0 Å². The summed E-state index contributed by atoms with van der Waals surface area (Å²) in [7, 11) is 1.99. The molecule has 5 nitrogen and oxygen atoms in total. The number of hydrogen-bond acceptors (Lipinski definition) is 2. The molecule has 1 heterocycles. The van der Waals surface area contributed by atoms with Crippen LogP contribution in [0.4, 0.5) is 5.69 Å². The zero-order valence-corrected chi connectivity index (χ0v) is 17.5. The summed E-state index contributed by atoms with van der Waals surface area (Å²) in [5.41, 5.74) is 5.79. The molecule has 2 N–H and O–H groups in total. The lowest BCUT2D eigenvalue weighted by Crippen LogP contribution is -3.08. The smallest absolute Gasteiger partial charge is 0.279 e. The van der Waals surface area contributed by atoms with Crippen molar-refractivity contribution in [3.63, 3.8) is 0 Å². The number of nitrogens with zero attached hydrogens (tertiary/aromatic N) is 2. The predicted octanol–water partition coefficient (Wildman–Crippen LogP) is 3.10. The van der Waals surface area contributed by atoms with Crippen molar-refractivity contribution in [3.8, 4) is 5.69 Å².